The van der Waals surface area contributed by atoms with E-state index in [4.69, 9.17) is 37.7 Å². The Hall–Kier alpha value is -5.26. The minimum absolute atomic E-state index is 0.0401. The van der Waals surface area contributed by atoms with Gasteiger partial charge in [0.2, 0.25) is 11.8 Å². The summed E-state index contributed by atoms with van der Waals surface area (Å²) < 4.78 is 12.7. The van der Waals surface area contributed by atoms with Crippen LogP contribution in [0.5, 0.6) is 5.88 Å². The number of nitrogens with zero attached hydrogens (tertiary/aromatic N) is 4. The molecule has 2 aromatic carbocycles. The molecular formula is C38H35Cl2N5O6. The molecule has 1 saturated heterocycles. The van der Waals surface area contributed by atoms with E-state index in [1.165, 1.54) is 17.6 Å². The van der Waals surface area contributed by atoms with E-state index in [0.717, 1.165) is 0 Å². The van der Waals surface area contributed by atoms with Crippen LogP contribution in [0, 0.1) is 0 Å². The molecule has 0 bridgehead atoms. The van der Waals surface area contributed by atoms with Crippen molar-refractivity contribution in [1.82, 2.24) is 24.6 Å². The lowest BCUT2D eigenvalue weighted by molar-refractivity contribution is -0.119. The number of nitrogens with one attached hydrogen (secondary N) is 1. The molecule has 1 N–H and O–H groups in total. The van der Waals surface area contributed by atoms with Crippen LogP contribution in [0.2, 0.25) is 10.0 Å². The summed E-state index contributed by atoms with van der Waals surface area (Å²) in [6.45, 7) is 5.81. The van der Waals surface area contributed by atoms with Crippen molar-refractivity contribution >= 4 is 47.1 Å². The number of hydrogen-bond donors (Lipinski definition) is 1. The Morgan fingerprint density at radius 2 is 1.67 bits per heavy atom. The Morgan fingerprint density at radius 3 is 2.31 bits per heavy atom. The summed E-state index contributed by atoms with van der Waals surface area (Å²) in [6.07, 6.45) is 2.65. The van der Waals surface area contributed by atoms with Crippen molar-refractivity contribution in [2.24, 2.45) is 0 Å². The highest BCUT2D eigenvalue weighted by atomic mass is 35.5. The first kappa shape index (κ1) is 35.6. The summed E-state index contributed by atoms with van der Waals surface area (Å²) in [5.41, 5.74) is 3.81. The number of aldehydes is 1. The molecule has 1 atom stereocenters. The van der Waals surface area contributed by atoms with E-state index in [1.54, 1.807) is 44.0 Å². The molecule has 1 fully saturated rings. The molecule has 0 aliphatic carbocycles. The molecule has 262 valence electrons. The minimum atomic E-state index is -0.709. The maximum atomic E-state index is 13.2. The molecule has 0 saturated carbocycles. The number of halogens is 2. The van der Waals surface area contributed by atoms with E-state index in [9.17, 15) is 19.2 Å². The van der Waals surface area contributed by atoms with Crippen LogP contribution in [-0.2, 0) is 16.1 Å². The molecule has 0 radical (unpaired) electrons. The maximum absolute atomic E-state index is 13.2. The summed E-state index contributed by atoms with van der Waals surface area (Å²) in [7, 11) is 1.51. The Balaban J connectivity index is 1.32. The van der Waals surface area contributed by atoms with Crippen molar-refractivity contribution in [1.29, 1.82) is 0 Å². The van der Waals surface area contributed by atoms with Crippen LogP contribution in [0.4, 0.5) is 4.79 Å². The average molecular weight is 729 g/mol. The summed E-state index contributed by atoms with van der Waals surface area (Å²) in [6, 6.07) is 19.2. The highest BCUT2D eigenvalue weighted by molar-refractivity contribution is 6.39. The van der Waals surface area contributed by atoms with Crippen LogP contribution in [-0.4, -0.2) is 62.9 Å². The predicted molar refractivity (Wildman–Crippen MR) is 195 cm³/mol. The third kappa shape index (κ3) is 7.74. The number of ether oxygens (including phenoxy) is 2. The summed E-state index contributed by atoms with van der Waals surface area (Å²) in [5.74, 6) is 0.262. The first-order valence-corrected chi connectivity index (χ1v) is 17.0. The standard InChI is InChI=1S/C38H35Cl2N5O6/c1-38(2,3)51-37(49)44(20-24-12-14-32(47)42-24)19-23-11-13-30(43-36(23)50-4)29-10-6-9-28(35(29)40)27-8-5-7-26(34(27)39)22-15-16-45-31(17-22)41-25(21-46)18-33(45)48/h5-11,13,15-18,21,24H,12,14,19-20H2,1-4H3,(H,42,47)/t24-/m0/s1. The normalized spacial score (nSPS) is 14.3. The minimum Gasteiger partial charge on any atom is -0.481 e. The summed E-state index contributed by atoms with van der Waals surface area (Å²) >= 11 is 14.1. The Morgan fingerprint density at radius 1 is 0.980 bits per heavy atom. The number of carbonyl (C=O) groups is 3. The van der Waals surface area contributed by atoms with Gasteiger partial charge in [0.05, 0.1) is 29.4 Å². The molecule has 1 aliphatic heterocycles. The Labute approximate surface area is 304 Å². The van der Waals surface area contributed by atoms with Gasteiger partial charge < -0.3 is 19.7 Å². The van der Waals surface area contributed by atoms with Crippen molar-refractivity contribution in [2.75, 3.05) is 13.7 Å². The van der Waals surface area contributed by atoms with E-state index in [2.05, 4.69) is 10.3 Å². The zero-order valence-corrected chi connectivity index (χ0v) is 29.9. The number of pyridine rings is 2. The largest absolute Gasteiger partial charge is 0.481 e. The number of methoxy groups -OCH3 is 1. The average Bonchev–Trinajstić information content (AvgIpc) is 3.51. The van der Waals surface area contributed by atoms with Gasteiger partial charge in [-0.3, -0.25) is 18.8 Å². The third-order valence-electron chi connectivity index (χ3n) is 8.35. The predicted octanol–water partition coefficient (Wildman–Crippen LogP) is 7.23. The highest BCUT2D eigenvalue weighted by Gasteiger charge is 2.29. The number of fused-ring (bicyclic) bond motifs is 1. The van der Waals surface area contributed by atoms with Gasteiger partial charge in [-0.25, -0.2) is 14.8 Å². The quantitative estimate of drug-likeness (QED) is 0.157. The summed E-state index contributed by atoms with van der Waals surface area (Å²) in [5, 5.41) is 3.75. The second-order valence-electron chi connectivity index (χ2n) is 13.1. The van der Waals surface area contributed by atoms with Gasteiger partial charge in [-0.1, -0.05) is 59.6 Å². The lowest BCUT2D eigenvalue weighted by atomic mass is 9.97. The van der Waals surface area contributed by atoms with Crippen molar-refractivity contribution in [3.05, 3.63) is 105 Å². The molecular weight excluding hydrogens is 693 g/mol. The number of hydrogen-bond acceptors (Lipinski definition) is 8. The molecule has 4 heterocycles. The molecule has 6 rings (SSSR count). The topological polar surface area (TPSA) is 132 Å². The monoisotopic (exact) mass is 727 g/mol. The third-order valence-corrected chi connectivity index (χ3v) is 9.17. The van der Waals surface area contributed by atoms with Gasteiger partial charge in [0.25, 0.3) is 5.56 Å². The van der Waals surface area contributed by atoms with Gasteiger partial charge in [0, 0.05) is 59.1 Å². The molecule has 3 aromatic heterocycles. The molecule has 1 aliphatic rings. The van der Waals surface area contributed by atoms with E-state index >= 15 is 0 Å². The molecule has 11 nitrogen and oxygen atoms in total. The lowest BCUT2D eigenvalue weighted by Gasteiger charge is -2.29. The van der Waals surface area contributed by atoms with Crippen LogP contribution in [0.3, 0.4) is 0 Å². The molecule has 5 aromatic rings. The van der Waals surface area contributed by atoms with Crippen LogP contribution in [0.1, 0.15) is 49.7 Å². The Kier molecular flexibility index (Phi) is 10.1. The smallest absolute Gasteiger partial charge is 0.410 e. The molecule has 51 heavy (non-hydrogen) atoms. The van der Waals surface area contributed by atoms with Gasteiger partial charge in [0.1, 0.15) is 16.9 Å². The first-order valence-electron chi connectivity index (χ1n) is 16.2. The fourth-order valence-corrected chi connectivity index (χ4v) is 6.64. The van der Waals surface area contributed by atoms with E-state index in [0.29, 0.717) is 79.8 Å². The molecule has 0 unspecified atom stereocenters. The number of aromatic nitrogens is 3. The molecule has 2 amide bonds. The van der Waals surface area contributed by atoms with Gasteiger partial charge in [0.15, 0.2) is 6.29 Å². The molecule has 0 spiro atoms. The van der Waals surface area contributed by atoms with Gasteiger partial charge in [-0.05, 0) is 57.0 Å². The van der Waals surface area contributed by atoms with Crippen molar-refractivity contribution in [2.45, 2.75) is 51.8 Å². The second kappa shape index (κ2) is 14.5. The number of rotatable bonds is 9. The van der Waals surface area contributed by atoms with E-state index in [-0.39, 0.29) is 36.3 Å². The van der Waals surface area contributed by atoms with E-state index < -0.39 is 11.7 Å². The summed E-state index contributed by atoms with van der Waals surface area (Å²) in [4.78, 5) is 59.5. The van der Waals surface area contributed by atoms with Crippen molar-refractivity contribution in [3.63, 3.8) is 0 Å². The van der Waals surface area contributed by atoms with Crippen molar-refractivity contribution < 1.29 is 23.9 Å². The SMILES string of the molecule is COc1nc(-c2cccc(-c3cccc(-c4ccn5c(=O)cc(C=O)nc5c4)c3Cl)c2Cl)ccc1CN(C[C@@H]1CCC(=O)N1)C(=O)OC(C)(C)C. The van der Waals surface area contributed by atoms with Crippen LogP contribution >= 0.6 is 23.2 Å². The fourth-order valence-electron chi connectivity index (χ4n) is 5.98. The van der Waals surface area contributed by atoms with Gasteiger partial charge in [-0.15, -0.1) is 0 Å². The first-order chi connectivity index (χ1) is 24.3. The zero-order valence-electron chi connectivity index (χ0n) is 28.4. The van der Waals surface area contributed by atoms with Crippen LogP contribution < -0.4 is 15.6 Å². The Bertz CT molecular complexity index is 2230. The van der Waals surface area contributed by atoms with Crippen LogP contribution in [0.15, 0.2) is 77.7 Å². The lowest BCUT2D eigenvalue weighted by Crippen LogP contribution is -2.43. The van der Waals surface area contributed by atoms with Crippen LogP contribution in [0.25, 0.3) is 39.2 Å². The van der Waals surface area contributed by atoms with Crippen molar-refractivity contribution in [3.8, 4) is 39.4 Å². The van der Waals surface area contributed by atoms with Gasteiger partial charge in [-0.2, -0.15) is 0 Å². The van der Waals surface area contributed by atoms with E-state index in [1.807, 2.05) is 48.5 Å². The number of benzene rings is 2. The maximum Gasteiger partial charge on any atom is 0.410 e. The van der Waals surface area contributed by atoms with Gasteiger partial charge >= 0.3 is 6.09 Å². The number of carbonyl (C=O) groups excluding carboxylic acids is 3. The zero-order chi connectivity index (χ0) is 36.4. The molecule has 13 heteroatoms. The fraction of sp³-hybridized carbons (Fsp3) is 0.263. The number of amides is 2. The highest BCUT2D eigenvalue weighted by Crippen LogP contribution is 2.42. The second-order valence-corrected chi connectivity index (χ2v) is 13.9.